The average Bonchev–Trinajstić information content (AvgIpc) is 3.07. The van der Waals surface area contributed by atoms with Crippen LogP contribution in [0.15, 0.2) is 35.3 Å². The zero-order valence-corrected chi connectivity index (χ0v) is 13.7. The lowest BCUT2D eigenvalue weighted by Crippen LogP contribution is -2.29. The minimum absolute atomic E-state index is 0.106. The van der Waals surface area contributed by atoms with Gasteiger partial charge in [-0.2, -0.15) is 0 Å². The molecule has 126 valence electrons. The second-order valence-electron chi connectivity index (χ2n) is 6.10. The van der Waals surface area contributed by atoms with Gasteiger partial charge in [0.15, 0.2) is 0 Å². The fourth-order valence-corrected chi connectivity index (χ4v) is 2.79. The number of H-pyrrole nitrogens is 1. The molecule has 0 atom stereocenters. The number of aromatic amines is 1. The molecule has 0 saturated heterocycles. The highest BCUT2D eigenvalue weighted by Crippen LogP contribution is 2.22. The van der Waals surface area contributed by atoms with Crippen LogP contribution in [0.4, 0.5) is 0 Å². The van der Waals surface area contributed by atoms with Gasteiger partial charge in [-0.1, -0.05) is 6.07 Å². The maximum absolute atomic E-state index is 12.1. The molecule has 6 heteroatoms. The number of ether oxygens (including phenoxy) is 1. The van der Waals surface area contributed by atoms with Gasteiger partial charge in [-0.05, 0) is 50.3 Å². The molecule has 1 saturated carbocycles. The summed E-state index contributed by atoms with van der Waals surface area (Å²) in [6.07, 6.45) is 6.56. The molecule has 0 bridgehead atoms. The van der Waals surface area contributed by atoms with E-state index in [0.717, 1.165) is 24.1 Å². The summed E-state index contributed by atoms with van der Waals surface area (Å²) < 4.78 is 5.81. The number of hydrogen-bond acceptors (Lipinski definition) is 4. The van der Waals surface area contributed by atoms with Gasteiger partial charge < -0.3 is 15.0 Å². The van der Waals surface area contributed by atoms with E-state index in [2.05, 4.69) is 15.3 Å². The van der Waals surface area contributed by atoms with E-state index >= 15 is 0 Å². The summed E-state index contributed by atoms with van der Waals surface area (Å²) in [5, 5.41) is 2.73. The molecule has 3 rings (SSSR count). The number of rotatable bonds is 5. The minimum Gasteiger partial charge on any atom is -0.474 e. The van der Waals surface area contributed by atoms with Crippen molar-refractivity contribution in [1.82, 2.24) is 15.3 Å². The first kappa shape index (κ1) is 16.2. The van der Waals surface area contributed by atoms with Crippen molar-refractivity contribution in [3.05, 3.63) is 57.6 Å². The molecule has 2 N–H and O–H groups in total. The molecule has 0 radical (unpaired) electrons. The number of hydrogen-bond donors (Lipinski definition) is 2. The molecular weight excluding hydrogens is 306 g/mol. The number of pyridine rings is 2. The molecule has 1 aliphatic carbocycles. The van der Waals surface area contributed by atoms with Crippen molar-refractivity contribution in [3.8, 4) is 5.88 Å². The third-order valence-electron chi connectivity index (χ3n) is 4.14. The average molecular weight is 327 g/mol. The molecule has 0 spiro atoms. The lowest BCUT2D eigenvalue weighted by atomic mass is 10.2. The number of nitrogens with one attached hydrogen (secondary N) is 2. The predicted octanol–water partition coefficient (Wildman–Crippen LogP) is 2.33. The summed E-state index contributed by atoms with van der Waals surface area (Å²) >= 11 is 0. The van der Waals surface area contributed by atoms with Gasteiger partial charge in [-0.15, -0.1) is 0 Å². The fourth-order valence-electron chi connectivity index (χ4n) is 2.79. The first-order valence-corrected chi connectivity index (χ1v) is 8.21. The number of aryl methyl sites for hydroxylation is 1. The van der Waals surface area contributed by atoms with Crippen LogP contribution in [-0.2, 0) is 6.54 Å². The minimum atomic E-state index is -0.400. The van der Waals surface area contributed by atoms with E-state index in [-0.39, 0.29) is 17.2 Å². The van der Waals surface area contributed by atoms with Gasteiger partial charge in [0.25, 0.3) is 11.5 Å². The Labute approximate surface area is 140 Å². The van der Waals surface area contributed by atoms with Crippen LogP contribution in [0.3, 0.4) is 0 Å². The zero-order valence-electron chi connectivity index (χ0n) is 13.7. The third kappa shape index (κ3) is 4.01. The Morgan fingerprint density at radius 3 is 2.75 bits per heavy atom. The van der Waals surface area contributed by atoms with Crippen LogP contribution < -0.4 is 15.6 Å². The van der Waals surface area contributed by atoms with Crippen molar-refractivity contribution in [3.63, 3.8) is 0 Å². The van der Waals surface area contributed by atoms with Crippen LogP contribution in [0.2, 0.25) is 0 Å². The quantitative estimate of drug-likeness (QED) is 0.883. The molecule has 0 unspecified atom stereocenters. The Morgan fingerprint density at radius 1 is 1.29 bits per heavy atom. The van der Waals surface area contributed by atoms with Gasteiger partial charge in [0.1, 0.15) is 11.7 Å². The highest BCUT2D eigenvalue weighted by Gasteiger charge is 2.17. The molecule has 1 aliphatic rings. The number of carbonyl (C=O) groups is 1. The van der Waals surface area contributed by atoms with Crippen molar-refractivity contribution in [2.24, 2.45) is 0 Å². The first-order valence-electron chi connectivity index (χ1n) is 8.21. The van der Waals surface area contributed by atoms with Crippen LogP contribution in [0.5, 0.6) is 5.88 Å². The van der Waals surface area contributed by atoms with Gasteiger partial charge >= 0.3 is 0 Å². The van der Waals surface area contributed by atoms with Crippen LogP contribution in [0, 0.1) is 6.92 Å². The lowest BCUT2D eigenvalue weighted by Gasteiger charge is -2.12. The standard InChI is InChI=1S/C18H21N3O3/c1-12-6-8-15(18(23)21-12)17(22)20-11-13-7-9-16(19-10-13)24-14-4-2-3-5-14/h6-10,14H,2-5,11H2,1H3,(H,20,22)(H,21,23). The Bertz CT molecular complexity index is 762. The second kappa shape index (κ2) is 7.29. The molecule has 0 aliphatic heterocycles. The molecule has 1 fully saturated rings. The SMILES string of the molecule is Cc1ccc(C(=O)NCc2ccc(OC3CCCC3)nc2)c(=O)[nH]1. The topological polar surface area (TPSA) is 84.1 Å². The fraction of sp³-hybridized carbons (Fsp3) is 0.389. The molecule has 2 aromatic heterocycles. The number of nitrogens with zero attached hydrogens (tertiary/aromatic N) is 1. The molecule has 0 aromatic carbocycles. The molecule has 1 amide bonds. The Kier molecular flexibility index (Phi) is 4.93. The van der Waals surface area contributed by atoms with Crippen molar-refractivity contribution in [1.29, 1.82) is 0 Å². The van der Waals surface area contributed by atoms with Crippen molar-refractivity contribution < 1.29 is 9.53 Å². The van der Waals surface area contributed by atoms with Crippen LogP contribution >= 0.6 is 0 Å². The van der Waals surface area contributed by atoms with Gasteiger partial charge in [-0.25, -0.2) is 4.98 Å². The maximum Gasteiger partial charge on any atom is 0.260 e. The van der Waals surface area contributed by atoms with Gasteiger partial charge in [-0.3, -0.25) is 9.59 Å². The molecule has 24 heavy (non-hydrogen) atoms. The van der Waals surface area contributed by atoms with E-state index in [1.165, 1.54) is 18.9 Å². The van der Waals surface area contributed by atoms with Crippen molar-refractivity contribution in [2.45, 2.75) is 45.3 Å². The van der Waals surface area contributed by atoms with E-state index in [1.807, 2.05) is 12.1 Å². The highest BCUT2D eigenvalue weighted by molar-refractivity contribution is 5.93. The Morgan fingerprint density at radius 2 is 2.08 bits per heavy atom. The first-order chi connectivity index (χ1) is 11.6. The second-order valence-corrected chi connectivity index (χ2v) is 6.10. The van der Waals surface area contributed by atoms with Gasteiger partial charge in [0.2, 0.25) is 5.88 Å². The van der Waals surface area contributed by atoms with E-state index in [4.69, 9.17) is 4.74 Å². The van der Waals surface area contributed by atoms with Gasteiger partial charge in [0.05, 0.1) is 0 Å². The van der Waals surface area contributed by atoms with E-state index in [9.17, 15) is 9.59 Å². The number of aromatic nitrogens is 2. The molecule has 2 aromatic rings. The highest BCUT2D eigenvalue weighted by atomic mass is 16.5. The summed E-state index contributed by atoms with van der Waals surface area (Å²) in [4.78, 5) is 30.7. The van der Waals surface area contributed by atoms with E-state index in [0.29, 0.717) is 12.4 Å². The molecule has 6 nitrogen and oxygen atoms in total. The summed E-state index contributed by atoms with van der Waals surface area (Å²) in [5.41, 5.74) is 1.30. The van der Waals surface area contributed by atoms with Crippen LogP contribution in [-0.4, -0.2) is 22.0 Å². The largest absolute Gasteiger partial charge is 0.474 e. The smallest absolute Gasteiger partial charge is 0.260 e. The van der Waals surface area contributed by atoms with Gasteiger partial charge in [0, 0.05) is 24.5 Å². The zero-order chi connectivity index (χ0) is 16.9. The summed E-state index contributed by atoms with van der Waals surface area (Å²) in [5.74, 6) is 0.217. The summed E-state index contributed by atoms with van der Waals surface area (Å²) in [7, 11) is 0. The monoisotopic (exact) mass is 327 g/mol. The van der Waals surface area contributed by atoms with Crippen molar-refractivity contribution in [2.75, 3.05) is 0 Å². The summed E-state index contributed by atoms with van der Waals surface area (Å²) in [6.45, 7) is 2.08. The number of carbonyl (C=O) groups excluding carboxylic acids is 1. The Hall–Kier alpha value is -2.63. The van der Waals surface area contributed by atoms with Crippen molar-refractivity contribution >= 4 is 5.91 Å². The molecule has 2 heterocycles. The third-order valence-corrected chi connectivity index (χ3v) is 4.14. The summed E-state index contributed by atoms with van der Waals surface area (Å²) in [6, 6.07) is 6.92. The van der Waals surface area contributed by atoms with Crippen LogP contribution in [0.25, 0.3) is 0 Å². The predicted molar refractivity (Wildman–Crippen MR) is 90.1 cm³/mol. The lowest BCUT2D eigenvalue weighted by molar-refractivity contribution is 0.0949. The number of amides is 1. The van der Waals surface area contributed by atoms with E-state index < -0.39 is 5.91 Å². The normalized spacial score (nSPS) is 14.5. The Balaban J connectivity index is 1.56. The maximum atomic E-state index is 12.1. The molecular formula is C18H21N3O3. The van der Waals surface area contributed by atoms with E-state index in [1.54, 1.807) is 19.2 Å². The van der Waals surface area contributed by atoms with Crippen LogP contribution in [0.1, 0.15) is 47.3 Å².